The number of hydrogen-bond donors (Lipinski definition) is 1. The van der Waals surface area contributed by atoms with Crippen LogP contribution in [0.15, 0.2) is 12.1 Å². The van der Waals surface area contributed by atoms with Gasteiger partial charge in [0.25, 0.3) is 5.91 Å². The van der Waals surface area contributed by atoms with Gasteiger partial charge in [-0.05, 0) is 31.2 Å². The Balaban J connectivity index is 2.17. The first-order valence-corrected chi connectivity index (χ1v) is 7.06. The second-order valence-corrected chi connectivity index (χ2v) is 5.35. The van der Waals surface area contributed by atoms with Gasteiger partial charge in [-0.15, -0.1) is 0 Å². The van der Waals surface area contributed by atoms with Crippen molar-refractivity contribution in [3.05, 3.63) is 29.3 Å². The second-order valence-electron chi connectivity index (χ2n) is 5.35. The molecule has 2 N–H and O–H groups in total. The number of benzene rings is 1. The smallest absolute Gasteiger partial charge is 0.256 e. The molecular formula is C15H20F2N2O. The Morgan fingerprint density at radius 3 is 2.70 bits per heavy atom. The molecule has 1 aliphatic heterocycles. The highest BCUT2D eigenvalue weighted by Crippen LogP contribution is 2.24. The van der Waals surface area contributed by atoms with E-state index in [2.05, 4.69) is 6.92 Å². The molecule has 20 heavy (non-hydrogen) atoms. The summed E-state index contributed by atoms with van der Waals surface area (Å²) < 4.78 is 26.3. The maximum atomic E-state index is 13.3. The van der Waals surface area contributed by atoms with Crippen molar-refractivity contribution in [3.8, 4) is 0 Å². The van der Waals surface area contributed by atoms with E-state index in [1.165, 1.54) is 0 Å². The van der Waals surface area contributed by atoms with E-state index in [1.54, 1.807) is 4.90 Å². The van der Waals surface area contributed by atoms with Crippen LogP contribution in [0.2, 0.25) is 0 Å². The molecule has 0 saturated carbocycles. The maximum Gasteiger partial charge on any atom is 0.256 e. The van der Waals surface area contributed by atoms with E-state index in [0.29, 0.717) is 19.0 Å². The van der Waals surface area contributed by atoms with Crippen molar-refractivity contribution in [1.82, 2.24) is 4.90 Å². The van der Waals surface area contributed by atoms with E-state index < -0.39 is 11.6 Å². The third-order valence-corrected chi connectivity index (χ3v) is 4.04. The highest BCUT2D eigenvalue weighted by Gasteiger charge is 2.23. The normalized spacial score (nSPS) is 19.8. The fourth-order valence-corrected chi connectivity index (χ4v) is 2.69. The molecule has 5 heteroatoms. The predicted octanol–water partition coefficient (Wildman–Crippen LogP) is 3.20. The van der Waals surface area contributed by atoms with Crippen LogP contribution in [0.4, 0.5) is 14.5 Å². The molecule has 0 spiro atoms. The summed E-state index contributed by atoms with van der Waals surface area (Å²) in [7, 11) is 0. The van der Waals surface area contributed by atoms with E-state index in [4.69, 9.17) is 5.73 Å². The van der Waals surface area contributed by atoms with Gasteiger partial charge in [0.05, 0.1) is 5.56 Å². The third kappa shape index (κ3) is 3.08. The average molecular weight is 282 g/mol. The van der Waals surface area contributed by atoms with E-state index >= 15 is 0 Å². The van der Waals surface area contributed by atoms with E-state index in [0.717, 1.165) is 37.8 Å². The number of rotatable bonds is 2. The summed E-state index contributed by atoms with van der Waals surface area (Å²) in [5, 5.41) is 0. The molecule has 1 atom stereocenters. The van der Waals surface area contributed by atoms with E-state index in [9.17, 15) is 13.6 Å². The molecule has 1 amide bonds. The molecule has 1 unspecified atom stereocenters. The topological polar surface area (TPSA) is 46.3 Å². The first kappa shape index (κ1) is 14.8. The zero-order valence-electron chi connectivity index (χ0n) is 11.7. The molecule has 1 fully saturated rings. The van der Waals surface area contributed by atoms with Crippen LogP contribution in [0.1, 0.15) is 43.0 Å². The number of amides is 1. The molecule has 1 aromatic rings. The van der Waals surface area contributed by atoms with Crippen LogP contribution in [0.25, 0.3) is 0 Å². The summed E-state index contributed by atoms with van der Waals surface area (Å²) >= 11 is 0. The third-order valence-electron chi connectivity index (χ3n) is 4.04. The number of carbonyl (C=O) groups is 1. The molecule has 110 valence electrons. The Labute approximate surface area is 117 Å². The van der Waals surface area contributed by atoms with Gasteiger partial charge in [0, 0.05) is 24.8 Å². The van der Waals surface area contributed by atoms with Crippen LogP contribution < -0.4 is 5.73 Å². The summed E-state index contributed by atoms with van der Waals surface area (Å²) in [5.74, 6) is -1.74. The van der Waals surface area contributed by atoms with Crippen molar-refractivity contribution in [2.45, 2.75) is 32.6 Å². The number of nitrogen functional groups attached to an aromatic ring is 1. The zero-order valence-corrected chi connectivity index (χ0v) is 11.7. The van der Waals surface area contributed by atoms with Crippen molar-refractivity contribution in [2.75, 3.05) is 18.8 Å². The Hall–Kier alpha value is -1.65. The van der Waals surface area contributed by atoms with E-state index in [-0.39, 0.29) is 17.2 Å². The SMILES string of the molecule is CCC1CCCN(C(=O)c2cc(F)c(F)cc2N)CC1. The highest BCUT2D eigenvalue weighted by molar-refractivity contribution is 5.99. The summed E-state index contributed by atoms with van der Waals surface area (Å²) in [5.41, 5.74) is 5.68. The van der Waals surface area contributed by atoms with Crippen molar-refractivity contribution in [2.24, 2.45) is 5.92 Å². The first-order valence-electron chi connectivity index (χ1n) is 7.06. The van der Waals surface area contributed by atoms with Crippen LogP contribution in [-0.2, 0) is 0 Å². The Kier molecular flexibility index (Phi) is 4.57. The molecule has 0 aliphatic carbocycles. The monoisotopic (exact) mass is 282 g/mol. The molecule has 3 nitrogen and oxygen atoms in total. The minimum Gasteiger partial charge on any atom is -0.398 e. The lowest BCUT2D eigenvalue weighted by molar-refractivity contribution is 0.0760. The van der Waals surface area contributed by atoms with Gasteiger partial charge >= 0.3 is 0 Å². The van der Waals surface area contributed by atoms with E-state index in [1.807, 2.05) is 0 Å². The minimum atomic E-state index is -1.04. The molecule has 1 aromatic carbocycles. The molecular weight excluding hydrogens is 262 g/mol. The average Bonchev–Trinajstić information content (AvgIpc) is 2.67. The fraction of sp³-hybridized carbons (Fsp3) is 0.533. The number of nitrogens with zero attached hydrogens (tertiary/aromatic N) is 1. The molecule has 0 radical (unpaired) electrons. The molecule has 2 rings (SSSR count). The zero-order chi connectivity index (χ0) is 14.7. The second kappa shape index (κ2) is 6.20. The summed E-state index contributed by atoms with van der Waals surface area (Å²) in [6, 6.07) is 1.77. The maximum absolute atomic E-state index is 13.3. The van der Waals surface area contributed by atoms with Gasteiger partial charge < -0.3 is 10.6 Å². The standard InChI is InChI=1S/C15H20F2N2O/c1-2-10-4-3-6-19(7-5-10)15(20)11-8-12(16)13(17)9-14(11)18/h8-10H,2-7,18H2,1H3. The first-order chi connectivity index (χ1) is 9.52. The molecule has 1 saturated heterocycles. The lowest BCUT2D eigenvalue weighted by Gasteiger charge is -2.21. The number of anilines is 1. The van der Waals surface area contributed by atoms with Gasteiger partial charge in [0.15, 0.2) is 11.6 Å². The number of halogens is 2. The van der Waals surface area contributed by atoms with Crippen molar-refractivity contribution >= 4 is 11.6 Å². The predicted molar refractivity (Wildman–Crippen MR) is 74.3 cm³/mol. The van der Waals surface area contributed by atoms with Crippen LogP contribution in [-0.4, -0.2) is 23.9 Å². The molecule has 1 heterocycles. The van der Waals surface area contributed by atoms with Gasteiger partial charge in [-0.1, -0.05) is 13.3 Å². The minimum absolute atomic E-state index is 0.00908. The Morgan fingerprint density at radius 2 is 2.00 bits per heavy atom. The van der Waals surface area contributed by atoms with Gasteiger partial charge in [0.1, 0.15) is 0 Å². The molecule has 0 aromatic heterocycles. The van der Waals surface area contributed by atoms with Crippen molar-refractivity contribution in [1.29, 1.82) is 0 Å². The fourth-order valence-electron chi connectivity index (χ4n) is 2.69. The van der Waals surface area contributed by atoms with Gasteiger partial charge in [-0.2, -0.15) is 0 Å². The van der Waals surface area contributed by atoms with Crippen LogP contribution in [0.3, 0.4) is 0 Å². The summed E-state index contributed by atoms with van der Waals surface area (Å²) in [4.78, 5) is 14.1. The number of likely N-dealkylation sites (tertiary alicyclic amines) is 1. The number of nitrogens with two attached hydrogens (primary N) is 1. The van der Waals surface area contributed by atoms with Crippen LogP contribution in [0.5, 0.6) is 0 Å². The summed E-state index contributed by atoms with van der Waals surface area (Å²) in [6.07, 6.45) is 4.10. The van der Waals surface area contributed by atoms with Gasteiger partial charge in [0.2, 0.25) is 0 Å². The summed E-state index contributed by atoms with van der Waals surface area (Å²) in [6.45, 7) is 3.44. The van der Waals surface area contributed by atoms with Crippen LogP contribution >= 0.6 is 0 Å². The van der Waals surface area contributed by atoms with Gasteiger partial charge in [-0.25, -0.2) is 8.78 Å². The lowest BCUT2D eigenvalue weighted by atomic mass is 9.98. The quantitative estimate of drug-likeness (QED) is 0.847. The van der Waals surface area contributed by atoms with Crippen molar-refractivity contribution < 1.29 is 13.6 Å². The number of carbonyl (C=O) groups excluding carboxylic acids is 1. The largest absolute Gasteiger partial charge is 0.398 e. The highest BCUT2D eigenvalue weighted by atomic mass is 19.2. The number of hydrogen-bond acceptors (Lipinski definition) is 2. The lowest BCUT2D eigenvalue weighted by Crippen LogP contribution is -2.32. The van der Waals surface area contributed by atoms with Crippen LogP contribution in [0, 0.1) is 17.6 Å². The Bertz CT molecular complexity index is 505. The van der Waals surface area contributed by atoms with Gasteiger partial charge in [-0.3, -0.25) is 4.79 Å². The Morgan fingerprint density at radius 1 is 1.30 bits per heavy atom. The van der Waals surface area contributed by atoms with Crippen molar-refractivity contribution in [3.63, 3.8) is 0 Å². The molecule has 1 aliphatic rings. The molecule has 0 bridgehead atoms.